The Kier molecular flexibility index (Phi) is 4.02. The molecular formula is C22H28N4O2. The van der Waals surface area contributed by atoms with E-state index >= 15 is 0 Å². The zero-order chi connectivity index (χ0) is 19.5. The number of aliphatic hydroxyl groups is 1. The standard InChI is InChI=1S/C22H28N4O2/c1-14-15(2)23-20-12-19(18-7-11-28-16(18)3)24-26(20)21(14)25-10-9-22(27)8-5-4-6-17(22)13-25/h7,11-12,17,27H,4-6,8-10,13H2,1-3H3/t17-,22+/m0/s1. The lowest BCUT2D eigenvalue weighted by Gasteiger charge is -2.48. The van der Waals surface area contributed by atoms with Gasteiger partial charge in [0.2, 0.25) is 0 Å². The van der Waals surface area contributed by atoms with Crippen molar-refractivity contribution in [1.82, 2.24) is 14.6 Å². The van der Waals surface area contributed by atoms with Crippen molar-refractivity contribution in [3.05, 3.63) is 35.4 Å². The third kappa shape index (κ3) is 2.65. The van der Waals surface area contributed by atoms with Crippen LogP contribution in [0.4, 0.5) is 5.82 Å². The first-order chi connectivity index (χ1) is 13.5. The number of aromatic nitrogens is 3. The van der Waals surface area contributed by atoms with Gasteiger partial charge in [0.05, 0.1) is 17.6 Å². The summed E-state index contributed by atoms with van der Waals surface area (Å²) in [6.07, 6.45) is 6.95. The predicted molar refractivity (Wildman–Crippen MR) is 109 cm³/mol. The summed E-state index contributed by atoms with van der Waals surface area (Å²) in [6.45, 7) is 7.89. The zero-order valence-electron chi connectivity index (χ0n) is 16.9. The fourth-order valence-electron chi connectivity index (χ4n) is 5.10. The number of piperidine rings is 1. The van der Waals surface area contributed by atoms with Gasteiger partial charge in [-0.05, 0) is 46.1 Å². The van der Waals surface area contributed by atoms with Crippen molar-refractivity contribution in [2.75, 3.05) is 18.0 Å². The van der Waals surface area contributed by atoms with Crippen LogP contribution in [0.3, 0.4) is 0 Å². The molecule has 2 aliphatic rings. The molecule has 0 aromatic carbocycles. The Balaban J connectivity index is 1.59. The molecule has 6 nitrogen and oxygen atoms in total. The van der Waals surface area contributed by atoms with Gasteiger partial charge in [0.15, 0.2) is 5.65 Å². The van der Waals surface area contributed by atoms with Gasteiger partial charge < -0.3 is 14.4 Å². The van der Waals surface area contributed by atoms with Crippen molar-refractivity contribution in [3.63, 3.8) is 0 Å². The Labute approximate surface area is 165 Å². The highest BCUT2D eigenvalue weighted by Crippen LogP contribution is 2.41. The molecule has 0 bridgehead atoms. The lowest BCUT2D eigenvalue weighted by atomic mass is 9.71. The second-order valence-corrected chi connectivity index (χ2v) is 8.58. The number of rotatable bonds is 2. The molecule has 0 spiro atoms. The van der Waals surface area contributed by atoms with Gasteiger partial charge in [0, 0.05) is 41.9 Å². The first kappa shape index (κ1) is 17.7. The van der Waals surface area contributed by atoms with Crippen molar-refractivity contribution in [2.24, 2.45) is 5.92 Å². The van der Waals surface area contributed by atoms with E-state index in [-0.39, 0.29) is 0 Å². The van der Waals surface area contributed by atoms with E-state index < -0.39 is 5.60 Å². The second kappa shape index (κ2) is 6.34. The summed E-state index contributed by atoms with van der Waals surface area (Å²) in [6, 6.07) is 3.99. The Hall–Kier alpha value is -2.34. The quantitative estimate of drug-likeness (QED) is 0.727. The summed E-state index contributed by atoms with van der Waals surface area (Å²) in [5, 5.41) is 16.0. The van der Waals surface area contributed by atoms with Gasteiger partial charge in [0.1, 0.15) is 11.6 Å². The van der Waals surface area contributed by atoms with Gasteiger partial charge >= 0.3 is 0 Å². The van der Waals surface area contributed by atoms with E-state index in [0.29, 0.717) is 5.92 Å². The number of hydrogen-bond donors (Lipinski definition) is 1. The molecule has 1 N–H and O–H groups in total. The molecule has 4 heterocycles. The summed E-state index contributed by atoms with van der Waals surface area (Å²) in [7, 11) is 0. The lowest BCUT2D eigenvalue weighted by Crippen LogP contribution is -2.54. The van der Waals surface area contributed by atoms with Crippen LogP contribution < -0.4 is 4.90 Å². The topological polar surface area (TPSA) is 66.8 Å². The molecule has 28 heavy (non-hydrogen) atoms. The second-order valence-electron chi connectivity index (χ2n) is 8.58. The van der Waals surface area contributed by atoms with Crippen LogP contribution in [0.15, 0.2) is 22.8 Å². The minimum absolute atomic E-state index is 0.337. The maximum atomic E-state index is 11.1. The van der Waals surface area contributed by atoms with Gasteiger partial charge in [-0.2, -0.15) is 9.61 Å². The summed E-state index contributed by atoms with van der Waals surface area (Å²) >= 11 is 0. The summed E-state index contributed by atoms with van der Waals surface area (Å²) < 4.78 is 7.45. The molecule has 148 valence electrons. The fourth-order valence-corrected chi connectivity index (χ4v) is 5.10. The van der Waals surface area contributed by atoms with Crippen molar-refractivity contribution < 1.29 is 9.52 Å². The smallest absolute Gasteiger partial charge is 0.158 e. The molecule has 0 amide bonds. The molecule has 1 saturated carbocycles. The predicted octanol–water partition coefficient (Wildman–Crippen LogP) is 4.05. The number of fused-ring (bicyclic) bond motifs is 2. The number of aryl methyl sites for hydroxylation is 2. The molecule has 1 saturated heterocycles. The highest BCUT2D eigenvalue weighted by molar-refractivity contribution is 5.68. The summed E-state index contributed by atoms with van der Waals surface area (Å²) in [4.78, 5) is 7.20. The monoisotopic (exact) mass is 380 g/mol. The van der Waals surface area contributed by atoms with Crippen molar-refractivity contribution in [1.29, 1.82) is 0 Å². The van der Waals surface area contributed by atoms with Gasteiger partial charge in [0.25, 0.3) is 0 Å². The number of anilines is 1. The van der Waals surface area contributed by atoms with E-state index in [0.717, 1.165) is 78.5 Å². The van der Waals surface area contributed by atoms with Gasteiger partial charge in [-0.1, -0.05) is 12.8 Å². The highest BCUT2D eigenvalue weighted by atomic mass is 16.3. The average Bonchev–Trinajstić information content (AvgIpc) is 3.28. The molecule has 6 heteroatoms. The Morgan fingerprint density at radius 1 is 1.21 bits per heavy atom. The van der Waals surface area contributed by atoms with Gasteiger partial charge in [-0.3, -0.25) is 0 Å². The molecule has 0 radical (unpaired) electrons. The van der Waals surface area contributed by atoms with Crippen LogP contribution in [0.25, 0.3) is 16.9 Å². The molecule has 1 aliphatic carbocycles. The molecule has 2 fully saturated rings. The van der Waals surface area contributed by atoms with Crippen molar-refractivity contribution in [2.45, 2.75) is 58.5 Å². The highest BCUT2D eigenvalue weighted by Gasteiger charge is 2.43. The van der Waals surface area contributed by atoms with Gasteiger partial charge in [-0.15, -0.1) is 0 Å². The van der Waals surface area contributed by atoms with Crippen LogP contribution in [0.5, 0.6) is 0 Å². The lowest BCUT2D eigenvalue weighted by molar-refractivity contribution is -0.0614. The maximum absolute atomic E-state index is 11.1. The zero-order valence-corrected chi connectivity index (χ0v) is 16.9. The van der Waals surface area contributed by atoms with Crippen LogP contribution in [-0.4, -0.2) is 38.4 Å². The number of furan rings is 1. The van der Waals surface area contributed by atoms with Crippen LogP contribution in [0.1, 0.15) is 49.1 Å². The van der Waals surface area contributed by atoms with Crippen LogP contribution in [0, 0.1) is 26.7 Å². The van der Waals surface area contributed by atoms with E-state index in [2.05, 4.69) is 18.7 Å². The SMILES string of the molecule is Cc1nc2cc(-c3ccoc3C)nn2c(N2CC[C@]3(O)CCCC[C@H]3C2)c1C. The Morgan fingerprint density at radius 3 is 2.86 bits per heavy atom. The normalized spacial score (nSPS) is 25.3. The summed E-state index contributed by atoms with van der Waals surface area (Å²) in [5.41, 5.74) is 4.46. The molecule has 3 aromatic rings. The average molecular weight is 380 g/mol. The Bertz CT molecular complexity index is 1040. The molecule has 3 aromatic heterocycles. The van der Waals surface area contributed by atoms with E-state index in [1.807, 2.05) is 23.6 Å². The third-order valence-corrected chi connectivity index (χ3v) is 6.91. The number of nitrogens with zero attached hydrogens (tertiary/aromatic N) is 4. The van der Waals surface area contributed by atoms with E-state index in [4.69, 9.17) is 14.5 Å². The first-order valence-corrected chi connectivity index (χ1v) is 10.3. The first-order valence-electron chi connectivity index (χ1n) is 10.3. The number of hydrogen-bond acceptors (Lipinski definition) is 5. The van der Waals surface area contributed by atoms with Gasteiger partial charge in [-0.25, -0.2) is 4.98 Å². The van der Waals surface area contributed by atoms with E-state index in [1.54, 1.807) is 6.26 Å². The molecule has 0 unspecified atom stereocenters. The van der Waals surface area contributed by atoms with E-state index in [1.165, 1.54) is 6.42 Å². The van der Waals surface area contributed by atoms with Crippen LogP contribution in [0.2, 0.25) is 0 Å². The largest absolute Gasteiger partial charge is 0.469 e. The van der Waals surface area contributed by atoms with Crippen molar-refractivity contribution in [3.8, 4) is 11.3 Å². The Morgan fingerprint density at radius 2 is 2.07 bits per heavy atom. The molecular weight excluding hydrogens is 352 g/mol. The van der Waals surface area contributed by atoms with Crippen LogP contribution >= 0.6 is 0 Å². The van der Waals surface area contributed by atoms with Crippen molar-refractivity contribution >= 4 is 11.5 Å². The molecule has 5 rings (SSSR count). The van der Waals surface area contributed by atoms with E-state index in [9.17, 15) is 5.11 Å². The molecule has 1 aliphatic heterocycles. The third-order valence-electron chi connectivity index (χ3n) is 6.91. The minimum Gasteiger partial charge on any atom is -0.469 e. The maximum Gasteiger partial charge on any atom is 0.158 e. The fraction of sp³-hybridized carbons (Fsp3) is 0.545. The molecule has 2 atom stereocenters. The van der Waals surface area contributed by atoms with Crippen LogP contribution in [-0.2, 0) is 0 Å². The summed E-state index contributed by atoms with van der Waals surface area (Å²) in [5.74, 6) is 2.32. The minimum atomic E-state index is -0.479.